The lowest BCUT2D eigenvalue weighted by Gasteiger charge is -2.13. The van der Waals surface area contributed by atoms with Crippen molar-refractivity contribution in [3.63, 3.8) is 0 Å². The number of nitrogens with one attached hydrogen (secondary N) is 2. The molecule has 0 heterocycles. The number of rotatable bonds is 10. The molecule has 7 heteroatoms. The molecule has 0 aliphatic heterocycles. The number of anilines is 2. The number of oxime groups is 1. The highest BCUT2D eigenvalue weighted by molar-refractivity contribution is 6.38. The molecule has 0 radical (unpaired) electrons. The predicted molar refractivity (Wildman–Crippen MR) is 100 cm³/mol. The van der Waals surface area contributed by atoms with Gasteiger partial charge in [0.05, 0.1) is 0 Å². The van der Waals surface area contributed by atoms with Crippen LogP contribution in [0.4, 0.5) is 11.4 Å². The van der Waals surface area contributed by atoms with Gasteiger partial charge in [-0.1, -0.05) is 18.0 Å². The summed E-state index contributed by atoms with van der Waals surface area (Å²) in [6.07, 6.45) is 4.19. The van der Waals surface area contributed by atoms with Crippen molar-refractivity contribution in [2.24, 2.45) is 5.16 Å². The molecular formula is C18H28N4O3. The Bertz CT molecular complexity index is 582. The first-order valence-corrected chi connectivity index (χ1v) is 8.48. The number of hydrogen-bond acceptors (Lipinski definition) is 5. The normalized spacial score (nSPS) is 11.1. The van der Waals surface area contributed by atoms with Crippen molar-refractivity contribution in [1.29, 1.82) is 0 Å². The van der Waals surface area contributed by atoms with Gasteiger partial charge >= 0.3 is 0 Å². The summed E-state index contributed by atoms with van der Waals surface area (Å²) in [6, 6.07) is 7.70. The van der Waals surface area contributed by atoms with E-state index in [0.29, 0.717) is 12.8 Å². The molecule has 0 saturated carbocycles. The van der Waals surface area contributed by atoms with E-state index in [1.165, 1.54) is 7.05 Å². The monoisotopic (exact) mass is 348 g/mol. The van der Waals surface area contributed by atoms with Crippen LogP contribution in [-0.4, -0.2) is 43.9 Å². The van der Waals surface area contributed by atoms with Crippen LogP contribution in [-0.2, 0) is 9.59 Å². The molecule has 0 fully saturated rings. The molecule has 138 valence electrons. The standard InChI is InChI=1S/C18H28N4O3/c1-19-18(24)16(21-25)8-6-4-5-7-9-17(23)20-14-10-12-15(13-11-14)22(2)3/h10-13,25H,4-9H2,1-3H3,(H,19,24)(H,20,23)/b21-16-. The van der Waals surface area contributed by atoms with Gasteiger partial charge in [-0.25, -0.2) is 0 Å². The van der Waals surface area contributed by atoms with Gasteiger partial charge in [0.2, 0.25) is 5.91 Å². The minimum atomic E-state index is -0.359. The molecular weight excluding hydrogens is 320 g/mol. The third kappa shape index (κ3) is 7.69. The second-order valence-corrected chi connectivity index (χ2v) is 6.03. The van der Waals surface area contributed by atoms with Crippen molar-refractivity contribution >= 4 is 28.9 Å². The lowest BCUT2D eigenvalue weighted by atomic mass is 10.1. The van der Waals surface area contributed by atoms with Crippen LogP contribution in [0.1, 0.15) is 38.5 Å². The van der Waals surface area contributed by atoms with Gasteiger partial charge in [0, 0.05) is 38.9 Å². The van der Waals surface area contributed by atoms with Crippen molar-refractivity contribution in [2.45, 2.75) is 38.5 Å². The summed E-state index contributed by atoms with van der Waals surface area (Å²) in [7, 11) is 5.44. The predicted octanol–water partition coefficient (Wildman–Crippen LogP) is 2.61. The molecule has 0 saturated heterocycles. The summed E-state index contributed by atoms with van der Waals surface area (Å²) in [6.45, 7) is 0. The van der Waals surface area contributed by atoms with Crippen LogP contribution in [0, 0.1) is 0 Å². The molecule has 0 aliphatic carbocycles. The van der Waals surface area contributed by atoms with E-state index in [1.807, 2.05) is 43.3 Å². The van der Waals surface area contributed by atoms with Crippen molar-refractivity contribution in [3.8, 4) is 0 Å². The lowest BCUT2D eigenvalue weighted by molar-refractivity contribution is -0.116. The molecule has 0 atom stereocenters. The van der Waals surface area contributed by atoms with Crippen LogP contribution in [0.25, 0.3) is 0 Å². The Labute approximate surface area is 149 Å². The first-order chi connectivity index (χ1) is 12.0. The summed E-state index contributed by atoms with van der Waals surface area (Å²) < 4.78 is 0. The first kappa shape index (κ1) is 20.5. The van der Waals surface area contributed by atoms with Gasteiger partial charge in [-0.3, -0.25) is 9.59 Å². The van der Waals surface area contributed by atoms with Gasteiger partial charge in [0.15, 0.2) is 0 Å². The zero-order valence-corrected chi connectivity index (χ0v) is 15.2. The Morgan fingerprint density at radius 3 is 2.16 bits per heavy atom. The molecule has 0 unspecified atom stereocenters. The van der Waals surface area contributed by atoms with Gasteiger partial charge < -0.3 is 20.7 Å². The van der Waals surface area contributed by atoms with Gasteiger partial charge in [-0.05, 0) is 43.5 Å². The maximum atomic E-state index is 11.9. The van der Waals surface area contributed by atoms with Crippen molar-refractivity contribution in [3.05, 3.63) is 24.3 Å². The zero-order valence-electron chi connectivity index (χ0n) is 15.2. The second kappa shape index (κ2) is 11.1. The number of carbonyl (C=O) groups is 2. The van der Waals surface area contributed by atoms with Gasteiger partial charge in [0.25, 0.3) is 5.91 Å². The zero-order chi connectivity index (χ0) is 18.7. The minimum absolute atomic E-state index is 0.000531. The molecule has 0 aromatic heterocycles. The number of carbonyl (C=O) groups excluding carboxylic acids is 2. The van der Waals surface area contributed by atoms with Crippen LogP contribution < -0.4 is 15.5 Å². The molecule has 2 amide bonds. The molecule has 1 aromatic rings. The Kier molecular flexibility index (Phi) is 9.06. The number of hydrogen-bond donors (Lipinski definition) is 3. The Morgan fingerprint density at radius 1 is 1.04 bits per heavy atom. The molecule has 0 spiro atoms. The third-order valence-corrected chi connectivity index (χ3v) is 3.84. The smallest absolute Gasteiger partial charge is 0.268 e. The first-order valence-electron chi connectivity index (χ1n) is 8.48. The summed E-state index contributed by atoms with van der Waals surface area (Å²) in [5.41, 5.74) is 2.02. The fraction of sp³-hybridized carbons (Fsp3) is 0.500. The highest BCUT2D eigenvalue weighted by atomic mass is 16.4. The summed E-state index contributed by atoms with van der Waals surface area (Å²) >= 11 is 0. The number of benzene rings is 1. The van der Waals surface area contributed by atoms with Gasteiger partial charge in [-0.2, -0.15) is 0 Å². The average molecular weight is 348 g/mol. The Hall–Kier alpha value is -2.57. The van der Waals surface area contributed by atoms with Gasteiger partial charge in [-0.15, -0.1) is 0 Å². The molecule has 25 heavy (non-hydrogen) atoms. The largest absolute Gasteiger partial charge is 0.410 e. The number of nitrogens with zero attached hydrogens (tertiary/aromatic N) is 2. The van der Waals surface area contributed by atoms with Crippen molar-refractivity contribution < 1.29 is 14.8 Å². The molecule has 3 N–H and O–H groups in total. The summed E-state index contributed by atoms with van der Waals surface area (Å²) in [4.78, 5) is 25.2. The van der Waals surface area contributed by atoms with Crippen LogP contribution >= 0.6 is 0 Å². The summed E-state index contributed by atoms with van der Waals surface area (Å²) in [5, 5.41) is 17.1. The van der Waals surface area contributed by atoms with Crippen LogP contribution in [0.15, 0.2) is 29.4 Å². The average Bonchev–Trinajstić information content (AvgIpc) is 2.61. The van der Waals surface area contributed by atoms with Crippen molar-refractivity contribution in [2.75, 3.05) is 31.4 Å². The topological polar surface area (TPSA) is 94.0 Å². The number of unbranched alkanes of at least 4 members (excludes halogenated alkanes) is 3. The summed E-state index contributed by atoms with van der Waals surface area (Å²) in [5.74, 6) is -0.359. The SMILES string of the molecule is CNC(=O)/C(CCCCCCC(=O)Nc1ccc(N(C)C)cc1)=N\O. The molecule has 0 bridgehead atoms. The molecule has 1 aromatic carbocycles. The fourth-order valence-electron chi connectivity index (χ4n) is 2.35. The maximum Gasteiger partial charge on any atom is 0.268 e. The molecule has 7 nitrogen and oxygen atoms in total. The molecule has 1 rings (SSSR count). The highest BCUT2D eigenvalue weighted by Gasteiger charge is 2.09. The lowest BCUT2D eigenvalue weighted by Crippen LogP contribution is -2.27. The highest BCUT2D eigenvalue weighted by Crippen LogP contribution is 2.16. The third-order valence-electron chi connectivity index (χ3n) is 3.84. The Morgan fingerprint density at radius 2 is 1.64 bits per heavy atom. The van der Waals surface area contributed by atoms with Crippen LogP contribution in [0.5, 0.6) is 0 Å². The fourth-order valence-corrected chi connectivity index (χ4v) is 2.35. The van der Waals surface area contributed by atoms with Gasteiger partial charge in [0.1, 0.15) is 5.71 Å². The van der Waals surface area contributed by atoms with E-state index in [0.717, 1.165) is 37.1 Å². The Balaban J connectivity index is 2.19. The number of amides is 2. The van der Waals surface area contributed by atoms with E-state index >= 15 is 0 Å². The van der Waals surface area contributed by atoms with Crippen LogP contribution in [0.3, 0.4) is 0 Å². The quantitative estimate of drug-likeness (QED) is 0.262. The second-order valence-electron chi connectivity index (χ2n) is 6.03. The van der Waals surface area contributed by atoms with E-state index in [9.17, 15) is 9.59 Å². The van der Waals surface area contributed by atoms with E-state index in [2.05, 4.69) is 15.8 Å². The van der Waals surface area contributed by atoms with Crippen LogP contribution in [0.2, 0.25) is 0 Å². The van der Waals surface area contributed by atoms with E-state index in [-0.39, 0.29) is 17.5 Å². The van der Waals surface area contributed by atoms with E-state index in [4.69, 9.17) is 5.21 Å². The minimum Gasteiger partial charge on any atom is -0.410 e. The van der Waals surface area contributed by atoms with E-state index < -0.39 is 0 Å². The van der Waals surface area contributed by atoms with Crippen molar-refractivity contribution in [1.82, 2.24) is 5.32 Å². The van der Waals surface area contributed by atoms with E-state index in [1.54, 1.807) is 0 Å². The maximum absolute atomic E-state index is 11.9. The molecule has 0 aliphatic rings.